The van der Waals surface area contributed by atoms with Crippen LogP contribution in [0.2, 0.25) is 0 Å². The molecule has 2 aromatic rings. The summed E-state index contributed by atoms with van der Waals surface area (Å²) in [4.78, 5) is 6.96. The molecule has 1 aromatic heterocycles. The third-order valence-corrected chi connectivity index (χ3v) is 4.54. The molecule has 1 aromatic carbocycles. The van der Waals surface area contributed by atoms with E-state index in [1.54, 1.807) is 6.20 Å². The van der Waals surface area contributed by atoms with Gasteiger partial charge in [0.25, 0.3) is 0 Å². The lowest BCUT2D eigenvalue weighted by molar-refractivity contribution is 0.267. The Kier molecular flexibility index (Phi) is 5.48. The Morgan fingerprint density at radius 1 is 1.42 bits per heavy atom. The fraction of sp³-hybridized carbons (Fsp3) is 0.444. The second kappa shape index (κ2) is 7.97. The van der Waals surface area contributed by atoms with E-state index in [1.807, 2.05) is 29.1 Å². The zero-order chi connectivity index (χ0) is 16.8. The average Bonchev–Trinajstić information content (AvgIpc) is 3.29. The minimum Gasteiger partial charge on any atom is -0.370 e. The van der Waals surface area contributed by atoms with Crippen LogP contribution in [0, 0.1) is 0 Å². The summed E-state index contributed by atoms with van der Waals surface area (Å²) in [5.74, 6) is 0.516. The van der Waals surface area contributed by atoms with Crippen LogP contribution in [0.3, 0.4) is 0 Å². The minimum absolute atomic E-state index is 0.516. The number of aliphatic imine (C=N–C) groups is 1. The Morgan fingerprint density at radius 2 is 2.33 bits per heavy atom. The van der Waals surface area contributed by atoms with Gasteiger partial charge in [0.1, 0.15) is 0 Å². The summed E-state index contributed by atoms with van der Waals surface area (Å²) in [6.45, 7) is 5.94. The molecule has 3 rings (SSSR count). The zero-order valence-electron chi connectivity index (χ0n) is 14.2. The molecule has 0 aliphatic carbocycles. The van der Waals surface area contributed by atoms with Crippen molar-refractivity contribution in [2.24, 2.45) is 10.7 Å². The second-order valence-electron chi connectivity index (χ2n) is 6.13. The maximum Gasteiger partial charge on any atom is 0.188 e. The van der Waals surface area contributed by atoms with E-state index in [1.165, 1.54) is 19.4 Å². The van der Waals surface area contributed by atoms with Gasteiger partial charge in [-0.1, -0.05) is 19.1 Å². The molecule has 1 unspecified atom stereocenters. The van der Waals surface area contributed by atoms with Crippen LogP contribution in [0.25, 0.3) is 5.69 Å². The highest BCUT2D eigenvalue weighted by atomic mass is 15.3. The van der Waals surface area contributed by atoms with E-state index in [0.717, 1.165) is 24.3 Å². The molecule has 0 spiro atoms. The predicted molar refractivity (Wildman–Crippen MR) is 97.2 cm³/mol. The number of guanidine groups is 1. The molecule has 24 heavy (non-hydrogen) atoms. The number of nitrogens with zero attached hydrogens (tertiary/aromatic N) is 4. The van der Waals surface area contributed by atoms with E-state index in [4.69, 9.17) is 5.73 Å². The maximum atomic E-state index is 6.02. The molecule has 1 saturated heterocycles. The molecule has 3 N–H and O–H groups in total. The van der Waals surface area contributed by atoms with Crippen LogP contribution in [-0.2, 0) is 6.54 Å². The first-order chi connectivity index (χ1) is 11.8. The summed E-state index contributed by atoms with van der Waals surface area (Å²) in [7, 11) is 0. The number of likely N-dealkylation sites (N-methyl/N-ethyl adjacent to an activating group) is 1. The lowest BCUT2D eigenvalue weighted by Gasteiger charge is -2.23. The third kappa shape index (κ3) is 4.14. The summed E-state index contributed by atoms with van der Waals surface area (Å²) >= 11 is 0. The standard InChI is InChI=1S/C18H26N6/c1-2-23-10-4-8-17(23)14-21-18(19)20-13-15-6-3-7-16(12-15)24-11-5-9-22-24/h3,5-7,9,11-12,17H,2,4,8,10,13-14H2,1H3,(H3,19,20,21). The van der Waals surface area contributed by atoms with Crippen molar-refractivity contribution >= 4 is 5.96 Å². The minimum atomic E-state index is 0.516. The van der Waals surface area contributed by atoms with E-state index >= 15 is 0 Å². The number of aromatic nitrogens is 2. The number of nitrogens with one attached hydrogen (secondary N) is 1. The summed E-state index contributed by atoms with van der Waals surface area (Å²) in [5.41, 5.74) is 8.17. The summed E-state index contributed by atoms with van der Waals surface area (Å²) in [6, 6.07) is 10.7. The van der Waals surface area contributed by atoms with Crippen LogP contribution in [0.15, 0.2) is 47.7 Å². The first-order valence-corrected chi connectivity index (χ1v) is 8.63. The van der Waals surface area contributed by atoms with Gasteiger partial charge in [-0.3, -0.25) is 4.90 Å². The van der Waals surface area contributed by atoms with Gasteiger partial charge in [-0.15, -0.1) is 0 Å². The van der Waals surface area contributed by atoms with E-state index in [9.17, 15) is 0 Å². The van der Waals surface area contributed by atoms with Gasteiger partial charge in [0.2, 0.25) is 0 Å². The van der Waals surface area contributed by atoms with Crippen molar-refractivity contribution < 1.29 is 0 Å². The van der Waals surface area contributed by atoms with Crippen molar-refractivity contribution in [2.45, 2.75) is 32.4 Å². The van der Waals surface area contributed by atoms with Crippen LogP contribution < -0.4 is 11.1 Å². The molecule has 0 amide bonds. The number of rotatable bonds is 6. The largest absolute Gasteiger partial charge is 0.370 e. The zero-order valence-corrected chi connectivity index (χ0v) is 14.2. The van der Waals surface area contributed by atoms with Gasteiger partial charge in [-0.25, -0.2) is 9.67 Å². The third-order valence-electron chi connectivity index (χ3n) is 4.54. The highest BCUT2D eigenvalue weighted by Gasteiger charge is 2.22. The number of nitrogens with two attached hydrogens (primary N) is 1. The smallest absolute Gasteiger partial charge is 0.188 e. The fourth-order valence-corrected chi connectivity index (χ4v) is 3.22. The number of likely N-dealkylation sites (tertiary alicyclic amines) is 1. The van der Waals surface area contributed by atoms with E-state index in [2.05, 4.69) is 39.4 Å². The second-order valence-corrected chi connectivity index (χ2v) is 6.13. The Balaban J connectivity index is 1.54. The monoisotopic (exact) mass is 326 g/mol. The number of benzene rings is 1. The van der Waals surface area contributed by atoms with Crippen molar-refractivity contribution in [3.8, 4) is 5.69 Å². The van der Waals surface area contributed by atoms with Crippen LogP contribution in [0.1, 0.15) is 25.3 Å². The maximum absolute atomic E-state index is 6.02. The quantitative estimate of drug-likeness (QED) is 0.627. The Labute approximate surface area is 143 Å². The van der Waals surface area contributed by atoms with Gasteiger partial charge in [0.05, 0.1) is 12.2 Å². The molecule has 2 heterocycles. The molecule has 0 saturated carbocycles. The Bertz CT molecular complexity index is 664. The molecule has 1 aliphatic rings. The van der Waals surface area contributed by atoms with Gasteiger partial charge < -0.3 is 11.1 Å². The highest BCUT2D eigenvalue weighted by molar-refractivity contribution is 5.77. The van der Waals surface area contributed by atoms with Gasteiger partial charge in [0.15, 0.2) is 5.96 Å². The van der Waals surface area contributed by atoms with E-state index < -0.39 is 0 Å². The van der Waals surface area contributed by atoms with Crippen LogP contribution in [0.4, 0.5) is 0 Å². The summed E-state index contributed by atoms with van der Waals surface area (Å²) < 4.78 is 1.84. The molecule has 1 aliphatic heterocycles. The van der Waals surface area contributed by atoms with Gasteiger partial charge in [-0.05, 0) is 49.7 Å². The Hall–Kier alpha value is -2.34. The van der Waals surface area contributed by atoms with Crippen molar-refractivity contribution in [1.82, 2.24) is 20.0 Å². The van der Waals surface area contributed by atoms with Gasteiger partial charge in [-0.2, -0.15) is 5.10 Å². The molecule has 0 bridgehead atoms. The molecular formula is C18H26N6. The molecule has 0 radical (unpaired) electrons. The van der Waals surface area contributed by atoms with Crippen LogP contribution in [-0.4, -0.2) is 46.3 Å². The van der Waals surface area contributed by atoms with E-state index in [0.29, 0.717) is 18.5 Å². The van der Waals surface area contributed by atoms with Crippen LogP contribution >= 0.6 is 0 Å². The topological polar surface area (TPSA) is 71.5 Å². The fourth-order valence-electron chi connectivity index (χ4n) is 3.22. The molecule has 128 valence electrons. The average molecular weight is 326 g/mol. The SMILES string of the molecule is CCN1CCCC1CNC(N)=NCc1cccc(-n2cccn2)c1. The predicted octanol–water partition coefficient (Wildman–Crippen LogP) is 1.76. The molecule has 1 atom stereocenters. The van der Waals surface area contributed by atoms with Crippen LogP contribution in [0.5, 0.6) is 0 Å². The molecule has 6 heteroatoms. The highest BCUT2D eigenvalue weighted by Crippen LogP contribution is 2.15. The van der Waals surface area contributed by atoms with E-state index in [-0.39, 0.29) is 0 Å². The lowest BCUT2D eigenvalue weighted by Crippen LogP contribution is -2.42. The normalized spacial score (nSPS) is 18.9. The Morgan fingerprint density at radius 3 is 3.12 bits per heavy atom. The number of hydrogen-bond acceptors (Lipinski definition) is 3. The molecular weight excluding hydrogens is 300 g/mol. The lowest BCUT2D eigenvalue weighted by atomic mass is 10.2. The first kappa shape index (κ1) is 16.5. The van der Waals surface area contributed by atoms with Crippen molar-refractivity contribution in [3.63, 3.8) is 0 Å². The van der Waals surface area contributed by atoms with Crippen molar-refractivity contribution in [1.29, 1.82) is 0 Å². The summed E-state index contributed by atoms with van der Waals surface area (Å²) in [5, 5.41) is 7.52. The molecule has 1 fully saturated rings. The van der Waals surface area contributed by atoms with Crippen molar-refractivity contribution in [2.75, 3.05) is 19.6 Å². The van der Waals surface area contributed by atoms with Gasteiger partial charge in [0, 0.05) is 25.0 Å². The molecule has 6 nitrogen and oxygen atoms in total. The number of hydrogen-bond donors (Lipinski definition) is 2. The summed E-state index contributed by atoms with van der Waals surface area (Å²) in [6.07, 6.45) is 6.21. The first-order valence-electron chi connectivity index (χ1n) is 8.63. The van der Waals surface area contributed by atoms with Gasteiger partial charge >= 0.3 is 0 Å². The van der Waals surface area contributed by atoms with Crippen molar-refractivity contribution in [3.05, 3.63) is 48.3 Å².